The van der Waals surface area contributed by atoms with E-state index < -0.39 is 0 Å². The Kier molecular flexibility index (Phi) is 6.56. The Morgan fingerprint density at radius 2 is 2.09 bits per heavy atom. The van der Waals surface area contributed by atoms with Crippen LogP contribution in [0.2, 0.25) is 0 Å². The second-order valence-corrected chi connectivity index (χ2v) is 5.76. The number of hydrogen-bond donors (Lipinski definition) is 1. The Balaban J connectivity index is 2.10. The zero-order valence-corrected chi connectivity index (χ0v) is 13.7. The van der Waals surface area contributed by atoms with Crippen LogP contribution in [0, 0.1) is 5.82 Å². The van der Waals surface area contributed by atoms with Crippen molar-refractivity contribution in [1.82, 2.24) is 9.47 Å². The summed E-state index contributed by atoms with van der Waals surface area (Å²) in [7, 11) is 0. The van der Waals surface area contributed by atoms with Gasteiger partial charge in [-0.25, -0.2) is 4.39 Å². The van der Waals surface area contributed by atoms with Crippen molar-refractivity contribution in [1.29, 1.82) is 0 Å². The molecular formula is C19H25FN2O. The quantitative estimate of drug-likeness (QED) is 0.718. The summed E-state index contributed by atoms with van der Waals surface area (Å²) in [6, 6.07) is 10.9. The van der Waals surface area contributed by atoms with Crippen LogP contribution in [0.15, 0.2) is 55.3 Å². The van der Waals surface area contributed by atoms with E-state index in [9.17, 15) is 9.50 Å². The minimum absolute atomic E-state index is 0.184. The Labute approximate surface area is 137 Å². The largest absolute Gasteiger partial charge is 0.392 e. The van der Waals surface area contributed by atoms with Gasteiger partial charge in [0.05, 0.1) is 12.6 Å². The second kappa shape index (κ2) is 8.65. The van der Waals surface area contributed by atoms with Crippen LogP contribution in [-0.4, -0.2) is 33.8 Å². The SMILES string of the molecule is C=CCN(Cc1cccn1Cc1ccccc1F)CC(O)CC. The highest BCUT2D eigenvalue weighted by Crippen LogP contribution is 2.13. The van der Waals surface area contributed by atoms with Crippen molar-refractivity contribution >= 4 is 0 Å². The monoisotopic (exact) mass is 316 g/mol. The minimum Gasteiger partial charge on any atom is -0.392 e. The summed E-state index contributed by atoms with van der Waals surface area (Å²) in [4.78, 5) is 2.15. The molecule has 0 saturated heterocycles. The number of halogens is 1. The molecule has 0 fully saturated rings. The summed E-state index contributed by atoms with van der Waals surface area (Å²) in [6.07, 6.45) is 4.19. The molecule has 0 aliphatic heterocycles. The van der Waals surface area contributed by atoms with E-state index in [1.807, 2.05) is 48.0 Å². The van der Waals surface area contributed by atoms with Crippen molar-refractivity contribution in [2.24, 2.45) is 0 Å². The molecule has 1 atom stereocenters. The minimum atomic E-state index is -0.343. The van der Waals surface area contributed by atoms with Crippen LogP contribution >= 0.6 is 0 Å². The molecule has 2 aromatic rings. The van der Waals surface area contributed by atoms with Crippen LogP contribution in [0.4, 0.5) is 4.39 Å². The summed E-state index contributed by atoms with van der Waals surface area (Å²) in [5, 5.41) is 9.89. The summed E-state index contributed by atoms with van der Waals surface area (Å²) in [5.41, 5.74) is 1.77. The molecule has 0 saturated carbocycles. The van der Waals surface area contributed by atoms with E-state index in [-0.39, 0.29) is 11.9 Å². The van der Waals surface area contributed by atoms with Gasteiger partial charge >= 0.3 is 0 Å². The van der Waals surface area contributed by atoms with Gasteiger partial charge in [0, 0.05) is 37.1 Å². The number of aliphatic hydroxyl groups excluding tert-OH is 1. The molecule has 1 N–H and O–H groups in total. The third-order valence-corrected chi connectivity index (χ3v) is 3.94. The van der Waals surface area contributed by atoms with Gasteiger partial charge in [-0.05, 0) is 24.6 Å². The molecule has 0 aliphatic carbocycles. The van der Waals surface area contributed by atoms with Gasteiger partial charge in [-0.3, -0.25) is 4.90 Å². The van der Waals surface area contributed by atoms with Crippen molar-refractivity contribution in [3.05, 3.63) is 72.3 Å². The fraction of sp³-hybridized carbons (Fsp3) is 0.368. The lowest BCUT2D eigenvalue weighted by Gasteiger charge is -2.24. The third kappa shape index (κ3) is 5.05. The van der Waals surface area contributed by atoms with E-state index in [0.29, 0.717) is 31.7 Å². The Morgan fingerprint density at radius 3 is 2.78 bits per heavy atom. The second-order valence-electron chi connectivity index (χ2n) is 5.76. The average molecular weight is 316 g/mol. The molecule has 3 nitrogen and oxygen atoms in total. The smallest absolute Gasteiger partial charge is 0.128 e. The first-order chi connectivity index (χ1) is 11.1. The van der Waals surface area contributed by atoms with Crippen LogP contribution < -0.4 is 0 Å². The summed E-state index contributed by atoms with van der Waals surface area (Å²) < 4.78 is 15.9. The van der Waals surface area contributed by atoms with Gasteiger partial charge in [0.2, 0.25) is 0 Å². The van der Waals surface area contributed by atoms with E-state index in [4.69, 9.17) is 0 Å². The van der Waals surface area contributed by atoms with Gasteiger partial charge in [-0.2, -0.15) is 0 Å². The fourth-order valence-corrected chi connectivity index (χ4v) is 2.60. The van der Waals surface area contributed by atoms with Gasteiger partial charge in [0.1, 0.15) is 5.82 Å². The number of rotatable bonds is 9. The van der Waals surface area contributed by atoms with Gasteiger partial charge in [-0.1, -0.05) is 31.2 Å². The molecule has 1 heterocycles. The molecule has 1 aromatic carbocycles. The molecule has 0 bridgehead atoms. The number of aliphatic hydroxyl groups is 1. The molecule has 0 amide bonds. The zero-order chi connectivity index (χ0) is 16.7. The normalized spacial score (nSPS) is 12.5. The predicted octanol–water partition coefficient (Wildman–Crippen LogP) is 3.43. The highest BCUT2D eigenvalue weighted by Gasteiger charge is 2.12. The zero-order valence-electron chi connectivity index (χ0n) is 13.7. The van der Waals surface area contributed by atoms with Gasteiger partial charge < -0.3 is 9.67 Å². The van der Waals surface area contributed by atoms with E-state index in [1.165, 1.54) is 6.07 Å². The maximum absolute atomic E-state index is 13.8. The summed E-state index contributed by atoms with van der Waals surface area (Å²) in [5.74, 6) is -0.184. The molecule has 124 valence electrons. The van der Waals surface area contributed by atoms with E-state index in [2.05, 4.69) is 11.5 Å². The van der Waals surface area contributed by atoms with Crippen LogP contribution in [0.1, 0.15) is 24.6 Å². The van der Waals surface area contributed by atoms with Crippen molar-refractivity contribution in [3.63, 3.8) is 0 Å². The van der Waals surface area contributed by atoms with Crippen molar-refractivity contribution in [3.8, 4) is 0 Å². The summed E-state index contributed by atoms with van der Waals surface area (Å²) >= 11 is 0. The first-order valence-corrected chi connectivity index (χ1v) is 8.02. The number of nitrogens with zero attached hydrogens (tertiary/aromatic N) is 2. The van der Waals surface area contributed by atoms with Gasteiger partial charge in [0.25, 0.3) is 0 Å². The fourth-order valence-electron chi connectivity index (χ4n) is 2.60. The van der Waals surface area contributed by atoms with E-state index in [1.54, 1.807) is 6.07 Å². The first-order valence-electron chi connectivity index (χ1n) is 8.02. The summed E-state index contributed by atoms with van der Waals surface area (Å²) in [6.45, 7) is 8.28. The lowest BCUT2D eigenvalue weighted by molar-refractivity contribution is 0.111. The number of aromatic nitrogens is 1. The maximum Gasteiger partial charge on any atom is 0.128 e. The van der Waals surface area contributed by atoms with Crippen molar-refractivity contribution in [2.45, 2.75) is 32.5 Å². The molecule has 0 spiro atoms. The first kappa shape index (κ1) is 17.4. The van der Waals surface area contributed by atoms with Crippen LogP contribution in [-0.2, 0) is 13.1 Å². The molecule has 2 rings (SSSR count). The molecule has 0 aliphatic rings. The van der Waals surface area contributed by atoms with Gasteiger partial charge in [-0.15, -0.1) is 6.58 Å². The molecule has 4 heteroatoms. The number of benzene rings is 1. The number of hydrogen-bond acceptors (Lipinski definition) is 2. The Bertz CT molecular complexity index is 623. The maximum atomic E-state index is 13.8. The van der Waals surface area contributed by atoms with E-state index >= 15 is 0 Å². The lowest BCUT2D eigenvalue weighted by atomic mass is 10.2. The van der Waals surface area contributed by atoms with Crippen LogP contribution in [0.25, 0.3) is 0 Å². The van der Waals surface area contributed by atoms with E-state index in [0.717, 1.165) is 12.1 Å². The van der Waals surface area contributed by atoms with Crippen molar-refractivity contribution in [2.75, 3.05) is 13.1 Å². The Morgan fingerprint density at radius 1 is 1.30 bits per heavy atom. The van der Waals surface area contributed by atoms with Crippen LogP contribution in [0.5, 0.6) is 0 Å². The van der Waals surface area contributed by atoms with Gasteiger partial charge in [0.15, 0.2) is 0 Å². The topological polar surface area (TPSA) is 28.4 Å². The molecular weight excluding hydrogens is 291 g/mol. The molecule has 23 heavy (non-hydrogen) atoms. The van der Waals surface area contributed by atoms with Crippen LogP contribution in [0.3, 0.4) is 0 Å². The lowest BCUT2D eigenvalue weighted by Crippen LogP contribution is -2.32. The predicted molar refractivity (Wildman–Crippen MR) is 91.7 cm³/mol. The molecule has 1 unspecified atom stereocenters. The average Bonchev–Trinajstić information content (AvgIpc) is 2.96. The standard InChI is InChI=1S/C19H25FN2O/c1-3-11-21(15-18(23)4-2)14-17-9-7-12-22(17)13-16-8-5-6-10-19(16)20/h3,5-10,12,18,23H,1,4,11,13-15H2,2H3. The third-order valence-electron chi connectivity index (χ3n) is 3.94. The molecule has 0 radical (unpaired) electrons. The molecule has 1 aromatic heterocycles. The van der Waals surface area contributed by atoms with Crippen molar-refractivity contribution < 1.29 is 9.50 Å². The Hall–Kier alpha value is -1.91. The highest BCUT2D eigenvalue weighted by atomic mass is 19.1. The highest BCUT2D eigenvalue weighted by molar-refractivity contribution is 5.19.